The summed E-state index contributed by atoms with van der Waals surface area (Å²) >= 11 is 1.87. The number of hydrogen-bond acceptors (Lipinski definition) is 2. The van der Waals surface area contributed by atoms with Gasteiger partial charge in [-0.05, 0) is 73.2 Å². The zero-order chi connectivity index (χ0) is 14.5. The minimum absolute atomic E-state index is 0.970. The van der Waals surface area contributed by atoms with Crippen molar-refractivity contribution in [3.05, 3.63) is 59.2 Å². The highest BCUT2D eigenvalue weighted by Gasteiger charge is 2.11. The molecule has 21 heavy (non-hydrogen) atoms. The summed E-state index contributed by atoms with van der Waals surface area (Å²) in [6.07, 6.45) is 5.03. The molecular weight excluding hydrogens is 274 g/mol. The van der Waals surface area contributed by atoms with Gasteiger partial charge in [0, 0.05) is 16.3 Å². The number of rotatable bonds is 6. The maximum Gasteiger partial charge on any atom is 0.0205 e. The highest BCUT2D eigenvalue weighted by atomic mass is 32.2. The predicted octanol–water partition coefficient (Wildman–Crippen LogP) is 4.83. The molecule has 0 amide bonds. The summed E-state index contributed by atoms with van der Waals surface area (Å²) in [4.78, 5) is 2.69. The van der Waals surface area contributed by atoms with E-state index in [4.69, 9.17) is 0 Å². The molecule has 0 heterocycles. The minimum Gasteiger partial charge on any atom is -0.313 e. The van der Waals surface area contributed by atoms with E-state index < -0.39 is 0 Å². The number of nitrogens with one attached hydrogen (secondary N) is 1. The lowest BCUT2D eigenvalue weighted by atomic mass is 10.1. The van der Waals surface area contributed by atoms with Crippen molar-refractivity contribution in [2.75, 3.05) is 6.54 Å². The van der Waals surface area contributed by atoms with Crippen LogP contribution in [0.15, 0.2) is 52.3 Å². The molecule has 0 fully saturated rings. The third kappa shape index (κ3) is 3.90. The Hall–Kier alpha value is -1.25. The van der Waals surface area contributed by atoms with Crippen molar-refractivity contribution in [3.63, 3.8) is 0 Å². The average molecular weight is 297 g/mol. The summed E-state index contributed by atoms with van der Waals surface area (Å²) in [5.74, 6) is 0. The molecule has 0 aliphatic heterocycles. The lowest BCUT2D eigenvalue weighted by molar-refractivity contribution is 0.675. The van der Waals surface area contributed by atoms with Crippen molar-refractivity contribution in [2.45, 2.75) is 48.9 Å². The smallest absolute Gasteiger partial charge is 0.0205 e. The predicted molar refractivity (Wildman–Crippen MR) is 91.0 cm³/mol. The van der Waals surface area contributed by atoms with E-state index in [1.165, 1.54) is 41.0 Å². The Balaban J connectivity index is 1.62. The van der Waals surface area contributed by atoms with Gasteiger partial charge in [0.15, 0.2) is 0 Å². The van der Waals surface area contributed by atoms with Gasteiger partial charge in [0.1, 0.15) is 0 Å². The molecule has 0 atom stereocenters. The van der Waals surface area contributed by atoms with Gasteiger partial charge in [0.25, 0.3) is 0 Å². The normalized spacial score (nSPS) is 13.4. The molecule has 2 aromatic carbocycles. The van der Waals surface area contributed by atoms with Crippen LogP contribution in [-0.4, -0.2) is 6.54 Å². The van der Waals surface area contributed by atoms with E-state index in [1.807, 2.05) is 11.8 Å². The SMILES string of the molecule is CCCNCc1ccc(Sc2ccc3c(c2)CCC3)cc1. The molecule has 0 saturated heterocycles. The highest BCUT2D eigenvalue weighted by Crippen LogP contribution is 2.32. The summed E-state index contributed by atoms with van der Waals surface area (Å²) in [6.45, 7) is 4.26. The van der Waals surface area contributed by atoms with Crippen LogP contribution in [0.3, 0.4) is 0 Å². The van der Waals surface area contributed by atoms with Crippen LogP contribution in [0.2, 0.25) is 0 Å². The second kappa shape index (κ2) is 7.15. The molecule has 0 aromatic heterocycles. The molecule has 110 valence electrons. The van der Waals surface area contributed by atoms with E-state index in [0.717, 1.165) is 13.1 Å². The first kappa shape index (κ1) is 14.7. The third-order valence-electron chi connectivity index (χ3n) is 3.98. The first-order valence-electron chi connectivity index (χ1n) is 7.94. The lowest BCUT2D eigenvalue weighted by Gasteiger charge is -2.07. The molecule has 0 bridgehead atoms. The Labute approximate surface area is 132 Å². The van der Waals surface area contributed by atoms with Crippen molar-refractivity contribution >= 4 is 11.8 Å². The first-order chi connectivity index (χ1) is 10.3. The number of hydrogen-bond donors (Lipinski definition) is 1. The van der Waals surface area contributed by atoms with Crippen molar-refractivity contribution in [2.24, 2.45) is 0 Å². The zero-order valence-corrected chi connectivity index (χ0v) is 13.5. The second-order valence-corrected chi connectivity index (χ2v) is 6.85. The van der Waals surface area contributed by atoms with Gasteiger partial charge in [-0.1, -0.05) is 36.9 Å². The van der Waals surface area contributed by atoms with Crippen molar-refractivity contribution in [1.29, 1.82) is 0 Å². The van der Waals surface area contributed by atoms with Gasteiger partial charge in [-0.25, -0.2) is 0 Å². The van der Waals surface area contributed by atoms with Gasteiger partial charge in [-0.15, -0.1) is 0 Å². The first-order valence-corrected chi connectivity index (χ1v) is 8.76. The number of aryl methyl sites for hydroxylation is 2. The van der Waals surface area contributed by atoms with Gasteiger partial charge in [-0.2, -0.15) is 0 Å². The van der Waals surface area contributed by atoms with Crippen LogP contribution in [0.4, 0.5) is 0 Å². The number of benzene rings is 2. The number of fused-ring (bicyclic) bond motifs is 1. The molecule has 2 heteroatoms. The quantitative estimate of drug-likeness (QED) is 0.767. The second-order valence-electron chi connectivity index (χ2n) is 5.71. The minimum atomic E-state index is 0.970. The molecule has 0 radical (unpaired) electrons. The van der Waals surface area contributed by atoms with Crippen LogP contribution in [0.25, 0.3) is 0 Å². The Bertz CT molecular complexity index is 589. The Morgan fingerprint density at radius 3 is 2.52 bits per heavy atom. The maximum atomic E-state index is 3.44. The molecule has 1 aliphatic carbocycles. The largest absolute Gasteiger partial charge is 0.313 e. The Morgan fingerprint density at radius 1 is 0.952 bits per heavy atom. The van der Waals surface area contributed by atoms with E-state index >= 15 is 0 Å². The summed E-state index contributed by atoms with van der Waals surface area (Å²) in [6, 6.07) is 15.9. The summed E-state index contributed by atoms with van der Waals surface area (Å²) in [7, 11) is 0. The van der Waals surface area contributed by atoms with E-state index in [2.05, 4.69) is 54.7 Å². The standard InChI is InChI=1S/C19H23NS/c1-2-12-20-14-15-6-9-18(10-7-15)21-19-11-8-16-4-3-5-17(16)13-19/h6-11,13,20H,2-5,12,14H2,1H3. The molecule has 2 aromatic rings. The van der Waals surface area contributed by atoms with Crippen LogP contribution < -0.4 is 5.32 Å². The van der Waals surface area contributed by atoms with Crippen LogP contribution in [0.5, 0.6) is 0 Å². The van der Waals surface area contributed by atoms with Crippen LogP contribution >= 0.6 is 11.8 Å². The van der Waals surface area contributed by atoms with E-state index in [1.54, 1.807) is 11.1 Å². The summed E-state index contributed by atoms with van der Waals surface area (Å²) < 4.78 is 0. The maximum absolute atomic E-state index is 3.44. The van der Waals surface area contributed by atoms with Gasteiger partial charge < -0.3 is 5.32 Å². The fraction of sp³-hybridized carbons (Fsp3) is 0.368. The molecule has 0 unspecified atom stereocenters. The zero-order valence-electron chi connectivity index (χ0n) is 12.7. The fourth-order valence-corrected chi connectivity index (χ4v) is 3.71. The van der Waals surface area contributed by atoms with Gasteiger partial charge in [-0.3, -0.25) is 0 Å². The van der Waals surface area contributed by atoms with Crippen molar-refractivity contribution < 1.29 is 0 Å². The van der Waals surface area contributed by atoms with E-state index in [9.17, 15) is 0 Å². The third-order valence-corrected chi connectivity index (χ3v) is 4.98. The van der Waals surface area contributed by atoms with Gasteiger partial charge in [0.05, 0.1) is 0 Å². The molecule has 1 N–H and O–H groups in total. The highest BCUT2D eigenvalue weighted by molar-refractivity contribution is 7.99. The molecule has 0 saturated carbocycles. The van der Waals surface area contributed by atoms with E-state index in [-0.39, 0.29) is 0 Å². The van der Waals surface area contributed by atoms with Crippen LogP contribution in [0.1, 0.15) is 36.5 Å². The molecule has 3 rings (SSSR count). The van der Waals surface area contributed by atoms with Crippen molar-refractivity contribution in [1.82, 2.24) is 5.32 Å². The Kier molecular flexibility index (Phi) is 5.00. The molecule has 1 nitrogen and oxygen atoms in total. The lowest BCUT2D eigenvalue weighted by Crippen LogP contribution is -2.13. The Morgan fingerprint density at radius 2 is 1.71 bits per heavy atom. The van der Waals surface area contributed by atoms with E-state index in [0.29, 0.717) is 0 Å². The average Bonchev–Trinajstić information content (AvgIpc) is 2.97. The summed E-state index contributed by atoms with van der Waals surface area (Å²) in [5.41, 5.74) is 4.47. The van der Waals surface area contributed by atoms with Crippen LogP contribution in [0, 0.1) is 0 Å². The fourth-order valence-electron chi connectivity index (χ4n) is 2.83. The summed E-state index contributed by atoms with van der Waals surface area (Å²) in [5, 5.41) is 3.44. The van der Waals surface area contributed by atoms with Gasteiger partial charge in [0.2, 0.25) is 0 Å². The molecular formula is C19H23NS. The van der Waals surface area contributed by atoms with Crippen LogP contribution in [-0.2, 0) is 19.4 Å². The van der Waals surface area contributed by atoms with Gasteiger partial charge >= 0.3 is 0 Å². The molecule has 0 spiro atoms. The van der Waals surface area contributed by atoms with Crippen molar-refractivity contribution in [3.8, 4) is 0 Å². The monoisotopic (exact) mass is 297 g/mol. The molecule has 1 aliphatic rings. The topological polar surface area (TPSA) is 12.0 Å².